The third-order valence-corrected chi connectivity index (χ3v) is 7.95. The number of fused-ring (bicyclic) bond motifs is 2. The summed E-state index contributed by atoms with van der Waals surface area (Å²) in [7, 11) is 1.28. The highest BCUT2D eigenvalue weighted by atomic mass is 32.2. The second-order valence-electron chi connectivity index (χ2n) is 8.27. The first kappa shape index (κ1) is 24.5. The number of aromatic nitrogens is 2. The van der Waals surface area contributed by atoms with Crippen molar-refractivity contribution in [2.45, 2.75) is 18.0 Å². The summed E-state index contributed by atoms with van der Waals surface area (Å²) in [5, 5.41) is 18.5. The van der Waals surface area contributed by atoms with Crippen LogP contribution in [0.25, 0.3) is 10.9 Å². The fourth-order valence-electron chi connectivity index (χ4n) is 4.38. The van der Waals surface area contributed by atoms with Crippen LogP contribution in [-0.4, -0.2) is 62.8 Å². The van der Waals surface area contributed by atoms with Gasteiger partial charge in [-0.15, -0.1) is 23.1 Å². The summed E-state index contributed by atoms with van der Waals surface area (Å²) in [5.41, 5.74) is 13.7. The molecule has 2 amide bonds. The fourth-order valence-corrected chi connectivity index (χ4v) is 6.26. The van der Waals surface area contributed by atoms with Crippen molar-refractivity contribution < 1.29 is 28.9 Å². The summed E-state index contributed by atoms with van der Waals surface area (Å²) in [6.07, 6.45) is 1.74. The maximum absolute atomic E-state index is 13.1. The number of nitrogens with two attached hydrogens (primary N) is 2. The van der Waals surface area contributed by atoms with Gasteiger partial charge < -0.3 is 26.7 Å². The van der Waals surface area contributed by atoms with E-state index in [9.17, 15) is 19.5 Å². The first-order valence-corrected chi connectivity index (χ1v) is 12.9. The van der Waals surface area contributed by atoms with Crippen molar-refractivity contribution in [1.82, 2.24) is 15.2 Å². The first-order chi connectivity index (χ1) is 17.8. The second-order valence-corrected chi connectivity index (χ2v) is 10.3. The van der Waals surface area contributed by atoms with Crippen LogP contribution < -0.4 is 21.4 Å². The predicted octanol–water partition coefficient (Wildman–Crippen LogP) is 0.538. The summed E-state index contributed by atoms with van der Waals surface area (Å²) in [6.45, 7) is 0.240. The van der Waals surface area contributed by atoms with E-state index in [0.29, 0.717) is 17.0 Å². The molecule has 0 bridgehead atoms. The molecule has 6 N–H and O–H groups in total. The number of oxime groups is 1. The minimum atomic E-state index is -1.22. The molecule has 1 fully saturated rings. The molecule has 14 heteroatoms. The molecule has 0 radical (unpaired) electrons. The zero-order chi connectivity index (χ0) is 26.3. The quantitative estimate of drug-likeness (QED) is 0.144. The summed E-state index contributed by atoms with van der Waals surface area (Å²) in [5.74, 6) is -2.08. The van der Waals surface area contributed by atoms with Crippen molar-refractivity contribution in [3.05, 3.63) is 58.9 Å². The SMILES string of the molecule is CON=C(C(=O)NC1C(=O)N2C(C(=O)O)=C(C[n+]3cc(N)cc4ccccc43)CS[C@@H]12)c1csc(N)n1. The first-order valence-electron chi connectivity index (χ1n) is 11.0. The van der Waals surface area contributed by atoms with Gasteiger partial charge in [-0.3, -0.25) is 14.5 Å². The Labute approximate surface area is 218 Å². The Kier molecular flexibility index (Phi) is 6.43. The van der Waals surface area contributed by atoms with Crippen LogP contribution >= 0.6 is 23.1 Å². The van der Waals surface area contributed by atoms with Crippen molar-refractivity contribution >= 4 is 68.3 Å². The molecule has 4 heterocycles. The van der Waals surface area contributed by atoms with E-state index < -0.39 is 29.2 Å². The molecular formula is C23H22N7O5S2+. The molecule has 1 saturated heterocycles. The van der Waals surface area contributed by atoms with Crippen LogP contribution in [0, 0.1) is 0 Å². The number of carboxylic acid groups (broad SMARTS) is 1. The van der Waals surface area contributed by atoms with Crippen LogP contribution in [0.2, 0.25) is 0 Å². The van der Waals surface area contributed by atoms with E-state index >= 15 is 0 Å². The molecule has 2 atom stereocenters. The van der Waals surface area contributed by atoms with Crippen LogP contribution in [0.5, 0.6) is 0 Å². The third kappa shape index (κ3) is 4.44. The van der Waals surface area contributed by atoms with E-state index in [2.05, 4.69) is 15.5 Å². The fraction of sp³-hybridized carbons (Fsp3) is 0.217. The average Bonchev–Trinajstić information content (AvgIpc) is 3.30. The van der Waals surface area contributed by atoms with Gasteiger partial charge in [-0.2, -0.15) is 4.57 Å². The zero-order valence-corrected chi connectivity index (χ0v) is 21.1. The summed E-state index contributed by atoms with van der Waals surface area (Å²) >= 11 is 2.50. The molecule has 37 heavy (non-hydrogen) atoms. The number of thioether (sulfide) groups is 1. The van der Waals surface area contributed by atoms with Crippen molar-refractivity contribution in [3.63, 3.8) is 0 Å². The average molecular weight is 541 g/mol. The molecule has 0 spiro atoms. The number of thiazole rings is 1. The molecule has 1 unspecified atom stereocenters. The Bertz CT molecular complexity index is 1500. The standard InChI is InChI=1S/C23H21N7O5S2/c1-35-28-16(14-10-37-23(25)26-14)19(31)27-17-20(32)30-18(22(33)34)12(9-36-21(17)30)7-29-8-13(24)6-11-4-2-3-5-15(11)29/h2-6,8,10,17,21H,7,9,24H2,1H3,(H3-,25,26,27,31,33,34)/p+1/t17?,21-/m0/s1. The zero-order valence-electron chi connectivity index (χ0n) is 19.5. The Morgan fingerprint density at radius 2 is 2.14 bits per heavy atom. The van der Waals surface area contributed by atoms with Gasteiger partial charge in [0.2, 0.25) is 5.52 Å². The van der Waals surface area contributed by atoms with Crippen LogP contribution in [0.4, 0.5) is 10.8 Å². The van der Waals surface area contributed by atoms with Gasteiger partial charge in [0.05, 0.1) is 5.69 Å². The third-order valence-electron chi connectivity index (χ3n) is 5.93. The maximum Gasteiger partial charge on any atom is 0.352 e. The van der Waals surface area contributed by atoms with E-state index in [0.717, 1.165) is 22.2 Å². The predicted molar refractivity (Wildman–Crippen MR) is 138 cm³/mol. The van der Waals surface area contributed by atoms with Crippen LogP contribution in [0.15, 0.2) is 58.3 Å². The summed E-state index contributed by atoms with van der Waals surface area (Å²) in [6, 6.07) is 8.54. The molecule has 5 rings (SSSR count). The number of carbonyl (C=O) groups is 3. The maximum atomic E-state index is 13.1. The molecule has 2 aliphatic rings. The lowest BCUT2D eigenvalue weighted by Crippen LogP contribution is -2.71. The van der Waals surface area contributed by atoms with Gasteiger partial charge in [0.25, 0.3) is 11.8 Å². The normalized spacial score (nSPS) is 19.4. The number of para-hydroxylation sites is 1. The number of rotatable bonds is 7. The van der Waals surface area contributed by atoms with Crippen LogP contribution in [-0.2, 0) is 25.8 Å². The Morgan fingerprint density at radius 1 is 1.35 bits per heavy atom. The highest BCUT2D eigenvalue weighted by Gasteiger charge is 2.54. The topological polar surface area (TPSA) is 177 Å². The number of carbonyl (C=O) groups excluding carboxylic acids is 2. The van der Waals surface area contributed by atoms with Gasteiger partial charge in [-0.25, -0.2) is 9.78 Å². The van der Waals surface area contributed by atoms with E-state index in [-0.39, 0.29) is 28.8 Å². The number of nitrogen functional groups attached to an aromatic ring is 2. The lowest BCUT2D eigenvalue weighted by Gasteiger charge is -2.49. The smallest absolute Gasteiger partial charge is 0.352 e. The van der Waals surface area contributed by atoms with Crippen molar-refractivity contribution in [3.8, 4) is 0 Å². The number of pyridine rings is 1. The van der Waals surface area contributed by atoms with E-state index in [1.807, 2.05) is 34.9 Å². The molecule has 2 aliphatic heterocycles. The van der Waals surface area contributed by atoms with Crippen molar-refractivity contribution in [2.24, 2.45) is 5.16 Å². The van der Waals surface area contributed by atoms with Gasteiger partial charge in [-0.05, 0) is 12.1 Å². The van der Waals surface area contributed by atoms with Crippen LogP contribution in [0.1, 0.15) is 5.69 Å². The molecular weight excluding hydrogens is 518 g/mol. The molecule has 0 aliphatic carbocycles. The summed E-state index contributed by atoms with van der Waals surface area (Å²) in [4.78, 5) is 48.3. The van der Waals surface area contributed by atoms with Gasteiger partial charge in [0, 0.05) is 28.2 Å². The number of β-lactam (4-membered cyclic amide) rings is 1. The Morgan fingerprint density at radius 3 is 2.84 bits per heavy atom. The molecule has 12 nitrogen and oxygen atoms in total. The van der Waals surface area contributed by atoms with Crippen molar-refractivity contribution in [1.29, 1.82) is 0 Å². The van der Waals surface area contributed by atoms with E-state index in [1.165, 1.54) is 23.8 Å². The Balaban J connectivity index is 1.40. The summed E-state index contributed by atoms with van der Waals surface area (Å²) < 4.78 is 1.88. The van der Waals surface area contributed by atoms with Crippen LogP contribution in [0.3, 0.4) is 0 Å². The lowest BCUT2D eigenvalue weighted by molar-refractivity contribution is -0.662. The number of nitrogens with zero attached hydrogens (tertiary/aromatic N) is 4. The number of carboxylic acids is 1. The largest absolute Gasteiger partial charge is 0.477 e. The minimum Gasteiger partial charge on any atom is -0.477 e. The highest BCUT2D eigenvalue weighted by molar-refractivity contribution is 8.00. The number of aliphatic carboxylic acids is 1. The lowest BCUT2D eigenvalue weighted by atomic mass is 10.0. The number of amides is 2. The number of anilines is 2. The van der Waals surface area contributed by atoms with Crippen molar-refractivity contribution in [2.75, 3.05) is 24.3 Å². The number of nitrogens with one attached hydrogen (secondary N) is 1. The molecule has 2 aromatic heterocycles. The Hall–Kier alpha value is -4.17. The minimum absolute atomic E-state index is 0.0867. The number of hydrogen-bond donors (Lipinski definition) is 4. The molecule has 0 saturated carbocycles. The van der Waals surface area contributed by atoms with Gasteiger partial charge in [0.15, 0.2) is 23.6 Å². The molecule has 3 aromatic rings. The highest BCUT2D eigenvalue weighted by Crippen LogP contribution is 2.40. The van der Waals surface area contributed by atoms with Gasteiger partial charge >= 0.3 is 5.97 Å². The number of benzene rings is 1. The van der Waals surface area contributed by atoms with E-state index in [4.69, 9.17) is 16.3 Å². The van der Waals surface area contributed by atoms with Gasteiger partial charge in [-0.1, -0.05) is 17.3 Å². The second kappa shape index (κ2) is 9.71. The molecule has 190 valence electrons. The molecule has 1 aromatic carbocycles. The van der Waals surface area contributed by atoms with Gasteiger partial charge in [0.1, 0.15) is 29.9 Å². The number of hydrogen-bond acceptors (Lipinski definition) is 10. The van der Waals surface area contributed by atoms with E-state index in [1.54, 1.807) is 11.6 Å². The monoisotopic (exact) mass is 540 g/mol.